The Labute approximate surface area is 115 Å². The average molecular weight is 307 g/mol. The lowest BCUT2D eigenvalue weighted by Gasteiger charge is -2.08. The average Bonchev–Trinajstić information content (AvgIpc) is 2.27. The third-order valence-corrected chi connectivity index (χ3v) is 3.21. The van der Waals surface area contributed by atoms with E-state index in [2.05, 4.69) is 30.9 Å². The maximum atomic E-state index is 5.74. The van der Waals surface area contributed by atoms with Crippen molar-refractivity contribution in [1.82, 2.24) is 15.0 Å². The number of aromatic nitrogens is 3. The summed E-state index contributed by atoms with van der Waals surface area (Å²) in [4.78, 5) is 12.8. The molecule has 4 nitrogen and oxygen atoms in total. The fourth-order valence-corrected chi connectivity index (χ4v) is 2.26. The van der Waals surface area contributed by atoms with Crippen LogP contribution in [-0.2, 0) is 0 Å². The topological polar surface area (TPSA) is 64.7 Å². The van der Waals surface area contributed by atoms with Crippen molar-refractivity contribution in [2.24, 2.45) is 0 Å². The van der Waals surface area contributed by atoms with E-state index in [4.69, 9.17) is 5.73 Å². The molecule has 1 aromatic heterocycles. The highest BCUT2D eigenvalue weighted by Crippen LogP contribution is 2.27. The van der Waals surface area contributed by atoms with E-state index < -0.39 is 0 Å². The van der Waals surface area contributed by atoms with Crippen molar-refractivity contribution < 1.29 is 0 Å². The molecule has 0 saturated carbocycles. The second kappa shape index (κ2) is 5.02. The van der Waals surface area contributed by atoms with Gasteiger partial charge in [-0.1, -0.05) is 35.8 Å². The molecule has 0 amide bonds. The number of aryl methyl sites for hydroxylation is 1. The Balaban J connectivity index is 2.56. The molecule has 1 heterocycles. The molecule has 1 aromatic carbocycles. The van der Waals surface area contributed by atoms with Gasteiger partial charge in [-0.2, -0.15) is 9.97 Å². The smallest absolute Gasteiger partial charge is 0.223 e. The Morgan fingerprint density at radius 3 is 2.50 bits per heavy atom. The quantitative estimate of drug-likeness (QED) is 0.924. The number of nitrogen functional groups attached to an aromatic ring is 1. The van der Waals surface area contributed by atoms with Gasteiger partial charge in [0.2, 0.25) is 5.95 Å². The van der Waals surface area contributed by atoms with Crippen LogP contribution in [0.25, 0.3) is 11.4 Å². The van der Waals surface area contributed by atoms with Gasteiger partial charge in [0.25, 0.3) is 0 Å². The van der Waals surface area contributed by atoms with Crippen LogP contribution in [0.4, 0.5) is 5.95 Å². The number of benzene rings is 1. The normalized spacial score (nSPS) is 10.9. The summed E-state index contributed by atoms with van der Waals surface area (Å²) in [5.41, 5.74) is 7.84. The molecular weight excluding hydrogens is 292 g/mol. The highest BCUT2D eigenvalue weighted by molar-refractivity contribution is 9.10. The highest BCUT2D eigenvalue weighted by atomic mass is 79.9. The number of halogens is 1. The van der Waals surface area contributed by atoms with Crippen molar-refractivity contribution in [2.45, 2.75) is 26.7 Å². The minimum absolute atomic E-state index is 0.221. The fourth-order valence-electron chi connectivity index (χ4n) is 1.59. The van der Waals surface area contributed by atoms with Crippen LogP contribution >= 0.6 is 15.9 Å². The summed E-state index contributed by atoms with van der Waals surface area (Å²) in [5, 5.41) is 0. The van der Waals surface area contributed by atoms with E-state index in [1.165, 1.54) is 5.56 Å². The molecule has 0 aliphatic carbocycles. The molecule has 5 heteroatoms. The molecule has 0 radical (unpaired) electrons. The van der Waals surface area contributed by atoms with Crippen LogP contribution in [0.15, 0.2) is 22.7 Å². The summed E-state index contributed by atoms with van der Waals surface area (Å²) in [5.74, 6) is 1.80. The summed E-state index contributed by atoms with van der Waals surface area (Å²) in [6.07, 6.45) is 0. The van der Waals surface area contributed by atoms with E-state index >= 15 is 0 Å². The van der Waals surface area contributed by atoms with Gasteiger partial charge < -0.3 is 5.73 Å². The second-order valence-corrected chi connectivity index (χ2v) is 5.37. The van der Waals surface area contributed by atoms with Crippen LogP contribution in [0.5, 0.6) is 0 Å². The zero-order valence-corrected chi connectivity index (χ0v) is 12.2. The molecule has 0 unspecified atom stereocenters. The first-order valence-corrected chi connectivity index (χ1v) is 6.54. The van der Waals surface area contributed by atoms with Gasteiger partial charge in [-0.25, -0.2) is 4.98 Å². The maximum absolute atomic E-state index is 5.74. The number of nitrogens with two attached hydrogens (primary N) is 1. The van der Waals surface area contributed by atoms with E-state index in [9.17, 15) is 0 Å². The summed E-state index contributed by atoms with van der Waals surface area (Å²) in [6, 6.07) is 6.04. The second-order valence-electron chi connectivity index (χ2n) is 4.51. The van der Waals surface area contributed by atoms with Gasteiger partial charge in [0.1, 0.15) is 5.82 Å². The van der Waals surface area contributed by atoms with Crippen LogP contribution < -0.4 is 5.73 Å². The maximum Gasteiger partial charge on any atom is 0.223 e. The third kappa shape index (κ3) is 2.67. The Bertz CT molecular complexity index is 581. The lowest BCUT2D eigenvalue weighted by Crippen LogP contribution is -2.06. The molecule has 2 rings (SSSR count). The molecule has 18 heavy (non-hydrogen) atoms. The van der Waals surface area contributed by atoms with Crippen molar-refractivity contribution in [1.29, 1.82) is 0 Å². The lowest BCUT2D eigenvalue weighted by atomic mass is 10.1. The molecular formula is C13H15BrN4. The summed E-state index contributed by atoms with van der Waals surface area (Å²) < 4.78 is 0.961. The largest absolute Gasteiger partial charge is 0.368 e. The molecule has 0 aliphatic heterocycles. The Hall–Kier alpha value is -1.49. The van der Waals surface area contributed by atoms with E-state index in [1.54, 1.807) is 0 Å². The van der Waals surface area contributed by atoms with Crippen molar-refractivity contribution in [3.8, 4) is 11.4 Å². The van der Waals surface area contributed by atoms with Crippen molar-refractivity contribution in [3.63, 3.8) is 0 Å². The van der Waals surface area contributed by atoms with Gasteiger partial charge in [-0.05, 0) is 24.6 Å². The molecule has 0 atom stereocenters. The molecule has 0 aliphatic rings. The summed E-state index contributed by atoms with van der Waals surface area (Å²) in [7, 11) is 0. The highest BCUT2D eigenvalue weighted by Gasteiger charge is 2.11. The van der Waals surface area contributed by atoms with Crippen molar-refractivity contribution >= 4 is 21.9 Å². The first-order chi connectivity index (χ1) is 8.47. The molecule has 2 N–H and O–H groups in total. The third-order valence-electron chi connectivity index (χ3n) is 2.55. The minimum atomic E-state index is 0.221. The first-order valence-electron chi connectivity index (χ1n) is 5.75. The number of rotatable bonds is 2. The minimum Gasteiger partial charge on any atom is -0.368 e. The SMILES string of the molecule is Cc1ccc(-c2nc(N)nc(C(C)C)n2)c(Br)c1. The first kappa shape index (κ1) is 13.0. The number of nitrogens with zero attached hydrogens (tertiary/aromatic N) is 3. The summed E-state index contributed by atoms with van der Waals surface area (Å²) >= 11 is 3.53. The van der Waals surface area contributed by atoms with Crippen LogP contribution in [0.2, 0.25) is 0 Å². The fraction of sp³-hybridized carbons (Fsp3) is 0.308. The van der Waals surface area contributed by atoms with Gasteiger partial charge in [0, 0.05) is 16.0 Å². The molecule has 0 bridgehead atoms. The predicted octanol–water partition coefficient (Wildman–Crippen LogP) is 3.32. The molecule has 2 aromatic rings. The molecule has 0 fully saturated rings. The van der Waals surface area contributed by atoms with E-state index in [1.807, 2.05) is 39.0 Å². The molecule has 0 saturated heterocycles. The lowest BCUT2D eigenvalue weighted by molar-refractivity contribution is 0.767. The van der Waals surface area contributed by atoms with Crippen LogP contribution in [-0.4, -0.2) is 15.0 Å². The number of anilines is 1. The Morgan fingerprint density at radius 1 is 1.17 bits per heavy atom. The molecule has 94 valence electrons. The number of hydrogen-bond donors (Lipinski definition) is 1. The zero-order valence-electron chi connectivity index (χ0n) is 10.6. The monoisotopic (exact) mass is 306 g/mol. The van der Waals surface area contributed by atoms with Gasteiger partial charge in [-0.15, -0.1) is 0 Å². The number of hydrogen-bond acceptors (Lipinski definition) is 4. The van der Waals surface area contributed by atoms with Crippen LogP contribution in [0.3, 0.4) is 0 Å². The van der Waals surface area contributed by atoms with E-state index in [0.29, 0.717) is 11.6 Å². The van der Waals surface area contributed by atoms with Crippen LogP contribution in [0.1, 0.15) is 31.2 Å². The van der Waals surface area contributed by atoms with Gasteiger partial charge >= 0.3 is 0 Å². The Kier molecular flexibility index (Phi) is 3.61. The van der Waals surface area contributed by atoms with Crippen molar-refractivity contribution in [3.05, 3.63) is 34.1 Å². The zero-order chi connectivity index (χ0) is 13.3. The van der Waals surface area contributed by atoms with Crippen molar-refractivity contribution in [2.75, 3.05) is 5.73 Å². The predicted molar refractivity (Wildman–Crippen MR) is 76.2 cm³/mol. The standard InChI is InChI=1S/C13H15BrN4/c1-7(2)11-16-12(18-13(15)17-11)9-5-4-8(3)6-10(9)14/h4-7H,1-3H3,(H2,15,16,17,18). The van der Waals surface area contributed by atoms with E-state index in [-0.39, 0.29) is 11.9 Å². The van der Waals surface area contributed by atoms with Gasteiger partial charge in [0.15, 0.2) is 5.82 Å². The van der Waals surface area contributed by atoms with Gasteiger partial charge in [0.05, 0.1) is 0 Å². The Morgan fingerprint density at radius 2 is 1.89 bits per heavy atom. The van der Waals surface area contributed by atoms with E-state index in [0.717, 1.165) is 10.0 Å². The van der Waals surface area contributed by atoms with Gasteiger partial charge in [-0.3, -0.25) is 0 Å². The molecule has 0 spiro atoms. The summed E-state index contributed by atoms with van der Waals surface area (Å²) in [6.45, 7) is 6.10. The van der Waals surface area contributed by atoms with Crippen LogP contribution in [0, 0.1) is 6.92 Å².